The van der Waals surface area contributed by atoms with Gasteiger partial charge in [0.2, 0.25) is 0 Å². The van der Waals surface area contributed by atoms with Crippen molar-refractivity contribution in [2.24, 2.45) is 5.41 Å². The van der Waals surface area contributed by atoms with Gasteiger partial charge in [0.05, 0.1) is 11.7 Å². The summed E-state index contributed by atoms with van der Waals surface area (Å²) in [4.78, 5) is 16.2. The molecule has 0 radical (unpaired) electrons. The summed E-state index contributed by atoms with van der Waals surface area (Å²) in [6.07, 6.45) is 7.52. The maximum absolute atomic E-state index is 14.7. The number of Topliss-reactive ketones (excluding diaryl/α,β-unsaturated/α-hetero) is 1. The van der Waals surface area contributed by atoms with Crippen molar-refractivity contribution in [2.45, 2.75) is 96.2 Å². The highest BCUT2D eigenvalue weighted by Crippen LogP contribution is 2.58. The standard InChI is InChI=1S/C34H45ClFNO3/c1-5-18-37(4)22-34(40)17-15-29-26-14-12-24(19-25(38)13-11-23(2)8-7-16-33(29,34)3)20-27(26)32(39)21-28-30(35)9-6-10-31(28)36/h6,8-10,12,14,20,25,29,38,40H,5,7,11,13,15-19,21-22H2,1-4H3/t25-,29-,33-,34+/m0/s1. The van der Waals surface area contributed by atoms with E-state index in [1.807, 2.05) is 18.2 Å². The lowest BCUT2D eigenvalue weighted by Gasteiger charge is -2.45. The van der Waals surface area contributed by atoms with E-state index in [4.69, 9.17) is 11.6 Å². The molecule has 0 aromatic heterocycles. The van der Waals surface area contributed by atoms with Gasteiger partial charge in [-0.05, 0) is 107 Å². The molecule has 0 aliphatic heterocycles. The van der Waals surface area contributed by atoms with Gasteiger partial charge in [-0.25, -0.2) is 4.39 Å². The molecule has 0 saturated heterocycles. The third kappa shape index (κ3) is 6.54. The highest BCUT2D eigenvalue weighted by atomic mass is 35.5. The Labute approximate surface area is 244 Å². The Balaban J connectivity index is 1.81. The van der Waals surface area contributed by atoms with E-state index in [-0.39, 0.29) is 28.7 Å². The van der Waals surface area contributed by atoms with Gasteiger partial charge in [-0.1, -0.05) is 55.3 Å². The molecular formula is C34H45ClFNO3. The molecule has 1 saturated carbocycles. The van der Waals surface area contributed by atoms with E-state index in [9.17, 15) is 19.4 Å². The number of rotatable bonds is 7. The molecule has 0 unspecified atom stereocenters. The lowest BCUT2D eigenvalue weighted by atomic mass is 9.64. The quantitative estimate of drug-likeness (QED) is 0.272. The molecule has 0 amide bonds. The van der Waals surface area contributed by atoms with E-state index in [1.165, 1.54) is 11.6 Å². The number of benzene rings is 2. The first kappa shape index (κ1) is 30.9. The van der Waals surface area contributed by atoms with Crippen molar-refractivity contribution < 1.29 is 19.4 Å². The summed E-state index contributed by atoms with van der Waals surface area (Å²) in [6, 6.07) is 10.4. The molecule has 2 bridgehead atoms. The van der Waals surface area contributed by atoms with Gasteiger partial charge in [0.1, 0.15) is 5.82 Å². The molecule has 2 aromatic rings. The molecule has 4 nitrogen and oxygen atoms in total. The maximum Gasteiger partial charge on any atom is 0.167 e. The number of halogens is 2. The average molecular weight is 570 g/mol. The van der Waals surface area contributed by atoms with Gasteiger partial charge in [0.25, 0.3) is 0 Å². The number of allylic oxidation sites excluding steroid dienone is 2. The summed E-state index contributed by atoms with van der Waals surface area (Å²) in [6.45, 7) is 7.94. The van der Waals surface area contributed by atoms with Crippen molar-refractivity contribution in [1.29, 1.82) is 0 Å². The topological polar surface area (TPSA) is 60.8 Å². The monoisotopic (exact) mass is 569 g/mol. The average Bonchev–Trinajstić information content (AvgIpc) is 3.14. The van der Waals surface area contributed by atoms with Gasteiger partial charge in [0.15, 0.2) is 5.78 Å². The third-order valence-electron chi connectivity index (χ3n) is 9.51. The van der Waals surface area contributed by atoms with Crippen molar-refractivity contribution in [3.63, 3.8) is 0 Å². The normalized spacial score (nSPS) is 27.4. The van der Waals surface area contributed by atoms with Gasteiger partial charge in [-0.15, -0.1) is 0 Å². The van der Waals surface area contributed by atoms with Gasteiger partial charge >= 0.3 is 0 Å². The number of hydrogen-bond acceptors (Lipinski definition) is 4. The van der Waals surface area contributed by atoms with Crippen LogP contribution in [0.5, 0.6) is 0 Å². The number of carbonyl (C=O) groups excluding carboxylic acids is 1. The van der Waals surface area contributed by atoms with E-state index < -0.39 is 22.9 Å². The summed E-state index contributed by atoms with van der Waals surface area (Å²) in [5, 5.41) is 23.3. The fraction of sp³-hybridized carbons (Fsp3) is 0.559. The van der Waals surface area contributed by atoms with Crippen LogP contribution in [-0.2, 0) is 12.8 Å². The number of nitrogens with zero attached hydrogens (tertiary/aromatic N) is 1. The molecule has 0 heterocycles. The van der Waals surface area contributed by atoms with Gasteiger partial charge in [-0.3, -0.25) is 4.79 Å². The fourth-order valence-electron chi connectivity index (χ4n) is 7.11. The zero-order chi connectivity index (χ0) is 29.1. The predicted octanol–water partition coefficient (Wildman–Crippen LogP) is 7.28. The maximum atomic E-state index is 14.7. The first-order chi connectivity index (χ1) is 19.0. The van der Waals surface area contributed by atoms with Crippen LogP contribution in [-0.4, -0.2) is 52.7 Å². The van der Waals surface area contributed by atoms with E-state index in [1.54, 1.807) is 12.1 Å². The molecule has 4 atom stereocenters. The Morgan fingerprint density at radius 3 is 2.70 bits per heavy atom. The number of aliphatic hydroxyl groups is 2. The highest BCUT2D eigenvalue weighted by Gasteiger charge is 2.57. The van der Waals surface area contributed by atoms with E-state index >= 15 is 0 Å². The second kappa shape index (κ2) is 12.9. The van der Waals surface area contributed by atoms with Crippen LogP contribution in [0.15, 0.2) is 48.0 Å². The predicted molar refractivity (Wildman–Crippen MR) is 161 cm³/mol. The minimum absolute atomic E-state index is 0.0433. The third-order valence-corrected chi connectivity index (χ3v) is 9.86. The lowest BCUT2D eigenvalue weighted by Crippen LogP contribution is -2.51. The molecule has 2 N–H and O–H groups in total. The van der Waals surface area contributed by atoms with Crippen molar-refractivity contribution in [2.75, 3.05) is 20.1 Å². The second-order valence-electron chi connectivity index (χ2n) is 12.5. The number of ketones is 1. The van der Waals surface area contributed by atoms with Gasteiger partial charge in [0, 0.05) is 34.5 Å². The van der Waals surface area contributed by atoms with Crippen LogP contribution in [0.2, 0.25) is 5.02 Å². The molecular weight excluding hydrogens is 525 g/mol. The molecule has 2 aromatic carbocycles. The van der Waals surface area contributed by atoms with Crippen molar-refractivity contribution in [3.05, 3.63) is 81.1 Å². The number of likely N-dealkylation sites (N-methyl/N-ethyl adjacent to an activating group) is 1. The molecule has 218 valence electrons. The minimum Gasteiger partial charge on any atom is -0.393 e. The first-order valence-corrected chi connectivity index (χ1v) is 15.2. The van der Waals surface area contributed by atoms with Crippen molar-refractivity contribution >= 4 is 17.4 Å². The molecule has 1 fully saturated rings. The minimum atomic E-state index is -0.912. The lowest BCUT2D eigenvalue weighted by molar-refractivity contribution is -0.0799. The van der Waals surface area contributed by atoms with Crippen molar-refractivity contribution in [1.82, 2.24) is 4.90 Å². The molecule has 6 heteroatoms. The van der Waals surface area contributed by atoms with Crippen LogP contribution < -0.4 is 0 Å². The molecule has 3 aliphatic rings. The summed E-state index contributed by atoms with van der Waals surface area (Å²) in [5.74, 6) is -0.724. The Bertz CT molecular complexity index is 1230. The van der Waals surface area contributed by atoms with Crippen LogP contribution in [0.4, 0.5) is 4.39 Å². The fourth-order valence-corrected chi connectivity index (χ4v) is 7.34. The Morgan fingerprint density at radius 2 is 1.98 bits per heavy atom. The van der Waals surface area contributed by atoms with E-state index in [2.05, 4.69) is 38.8 Å². The smallest absolute Gasteiger partial charge is 0.167 e. The summed E-state index contributed by atoms with van der Waals surface area (Å²) < 4.78 is 14.7. The van der Waals surface area contributed by atoms with Crippen molar-refractivity contribution in [3.8, 4) is 0 Å². The van der Waals surface area contributed by atoms with Crippen LogP contribution in [0.25, 0.3) is 0 Å². The largest absolute Gasteiger partial charge is 0.393 e. The summed E-state index contributed by atoms with van der Waals surface area (Å²) in [5.41, 5.74) is 2.42. The summed E-state index contributed by atoms with van der Waals surface area (Å²) >= 11 is 6.31. The van der Waals surface area contributed by atoms with Crippen LogP contribution in [0.3, 0.4) is 0 Å². The Morgan fingerprint density at radius 1 is 1.20 bits per heavy atom. The first-order valence-electron chi connectivity index (χ1n) is 14.8. The second-order valence-corrected chi connectivity index (χ2v) is 12.9. The number of hydrogen-bond donors (Lipinski definition) is 2. The number of carbonyl (C=O) groups is 1. The number of fused-ring (bicyclic) bond motifs is 8. The molecule has 40 heavy (non-hydrogen) atoms. The molecule has 0 spiro atoms. The molecule has 5 rings (SSSR count). The summed E-state index contributed by atoms with van der Waals surface area (Å²) in [7, 11) is 2.07. The number of aliphatic hydroxyl groups excluding tert-OH is 1. The zero-order valence-corrected chi connectivity index (χ0v) is 25.2. The Hall–Kier alpha value is -2.05. The highest BCUT2D eigenvalue weighted by molar-refractivity contribution is 6.31. The van der Waals surface area contributed by atoms with E-state index in [0.717, 1.165) is 49.8 Å². The van der Waals surface area contributed by atoms with Gasteiger partial charge < -0.3 is 15.1 Å². The van der Waals surface area contributed by atoms with E-state index in [0.29, 0.717) is 31.4 Å². The van der Waals surface area contributed by atoms with Crippen LogP contribution in [0.1, 0.15) is 98.7 Å². The molecule has 3 aliphatic carbocycles. The zero-order valence-electron chi connectivity index (χ0n) is 24.5. The van der Waals surface area contributed by atoms with Crippen LogP contribution >= 0.6 is 11.6 Å². The SMILES string of the molecule is CCCN(C)C[C@]1(O)CC[C@H]2c3ccc(cc3C(=O)Cc3c(F)cccc3Cl)C[C@@H](O)CCC(C)=CCC[C@@]21C. The van der Waals surface area contributed by atoms with Gasteiger partial charge in [-0.2, -0.15) is 0 Å². The Kier molecular flexibility index (Phi) is 9.93. The van der Waals surface area contributed by atoms with Crippen LogP contribution in [0, 0.1) is 11.2 Å².